The number of ether oxygens (including phenoxy) is 1. The number of phenols is 1. The van der Waals surface area contributed by atoms with Crippen LogP contribution in [-0.4, -0.2) is 39.2 Å². The fourth-order valence-corrected chi connectivity index (χ4v) is 5.67. The number of pyridine rings is 1. The lowest BCUT2D eigenvalue weighted by atomic mass is 9.92. The van der Waals surface area contributed by atoms with Gasteiger partial charge in [-0.1, -0.05) is 42.5 Å². The number of rotatable bonds is 8. The molecule has 36 heavy (non-hydrogen) atoms. The van der Waals surface area contributed by atoms with Gasteiger partial charge in [0.15, 0.2) is 0 Å². The van der Waals surface area contributed by atoms with Crippen LogP contribution in [0.25, 0.3) is 11.1 Å². The second-order valence-corrected chi connectivity index (χ2v) is 9.75. The molecule has 3 atom stereocenters. The van der Waals surface area contributed by atoms with Crippen LogP contribution in [0.4, 0.5) is 5.69 Å². The quantitative estimate of drug-likeness (QED) is 0.317. The second kappa shape index (κ2) is 10.4. The topological polar surface area (TPSA) is 82.9 Å². The highest BCUT2D eigenvalue weighted by molar-refractivity contribution is 8.00. The summed E-state index contributed by atoms with van der Waals surface area (Å²) in [5, 5.41) is 20.2. The van der Waals surface area contributed by atoms with Crippen molar-refractivity contribution in [2.45, 2.75) is 17.4 Å². The van der Waals surface area contributed by atoms with E-state index in [9.17, 15) is 15.0 Å². The highest BCUT2D eigenvalue weighted by atomic mass is 32.2. The van der Waals surface area contributed by atoms with Gasteiger partial charge in [-0.05, 0) is 64.7 Å². The van der Waals surface area contributed by atoms with Crippen LogP contribution in [0.5, 0.6) is 11.5 Å². The van der Waals surface area contributed by atoms with Gasteiger partial charge in [-0.2, -0.15) is 0 Å². The Balaban J connectivity index is 1.36. The fraction of sp³-hybridized carbons (Fsp3) is 0.172. The standard InChI is InChI=1S/C29H26N2O4S/c1-35-25-14-8-20(9-15-25)26(33)18-36-28-27(21-6-12-24(32)13-7-21)31(29(28)34)23-10-4-19(5-11-23)22-3-2-16-30-17-22/h2-17,26-28,32-33H,18H2,1H3/t26-,27-,28-/m1/s1. The molecule has 6 nitrogen and oxygen atoms in total. The van der Waals surface area contributed by atoms with E-state index in [0.29, 0.717) is 5.75 Å². The molecule has 3 aromatic carbocycles. The number of aliphatic hydroxyl groups is 1. The van der Waals surface area contributed by atoms with Gasteiger partial charge in [0.2, 0.25) is 5.91 Å². The minimum Gasteiger partial charge on any atom is -0.508 e. The molecule has 0 aliphatic carbocycles. The zero-order chi connectivity index (χ0) is 25.1. The Bertz CT molecular complexity index is 1310. The van der Waals surface area contributed by atoms with E-state index in [1.165, 1.54) is 11.8 Å². The van der Waals surface area contributed by atoms with E-state index >= 15 is 0 Å². The maximum atomic E-state index is 13.3. The number of hydrogen-bond acceptors (Lipinski definition) is 6. The molecule has 2 N–H and O–H groups in total. The van der Waals surface area contributed by atoms with Gasteiger partial charge < -0.3 is 19.8 Å². The zero-order valence-corrected chi connectivity index (χ0v) is 20.5. The third-order valence-electron chi connectivity index (χ3n) is 6.35. The molecule has 5 rings (SSSR count). The number of methoxy groups -OCH3 is 1. The number of hydrogen-bond donors (Lipinski definition) is 2. The molecule has 1 amide bonds. The number of carbonyl (C=O) groups is 1. The van der Waals surface area contributed by atoms with E-state index < -0.39 is 6.10 Å². The number of aromatic nitrogens is 1. The molecule has 0 radical (unpaired) electrons. The molecule has 1 aliphatic rings. The normalized spacial score (nSPS) is 17.9. The summed E-state index contributed by atoms with van der Waals surface area (Å²) in [6, 6.07) is 25.8. The van der Waals surface area contributed by atoms with Gasteiger partial charge in [-0.25, -0.2) is 0 Å². The molecule has 4 aromatic rings. The number of carbonyl (C=O) groups excluding carboxylic acids is 1. The van der Waals surface area contributed by atoms with Crippen molar-refractivity contribution in [2.75, 3.05) is 17.8 Å². The minimum absolute atomic E-state index is 0.00543. The van der Waals surface area contributed by atoms with Gasteiger partial charge in [-0.15, -0.1) is 11.8 Å². The summed E-state index contributed by atoms with van der Waals surface area (Å²) in [7, 11) is 1.60. The Labute approximate surface area is 214 Å². The van der Waals surface area contributed by atoms with Crippen LogP contribution >= 0.6 is 11.8 Å². The maximum absolute atomic E-state index is 13.3. The van der Waals surface area contributed by atoms with Crippen molar-refractivity contribution in [3.63, 3.8) is 0 Å². The monoisotopic (exact) mass is 498 g/mol. The zero-order valence-electron chi connectivity index (χ0n) is 19.7. The number of anilines is 1. The van der Waals surface area contributed by atoms with Crippen molar-refractivity contribution in [3.05, 3.63) is 108 Å². The lowest BCUT2D eigenvalue weighted by Gasteiger charge is -2.47. The highest BCUT2D eigenvalue weighted by Crippen LogP contribution is 2.46. The summed E-state index contributed by atoms with van der Waals surface area (Å²) < 4.78 is 5.19. The van der Waals surface area contributed by atoms with Crippen molar-refractivity contribution in [1.29, 1.82) is 0 Å². The third kappa shape index (κ3) is 4.80. The van der Waals surface area contributed by atoms with Crippen LogP contribution < -0.4 is 9.64 Å². The van der Waals surface area contributed by atoms with Gasteiger partial charge in [0.05, 0.1) is 19.3 Å². The first-order valence-electron chi connectivity index (χ1n) is 11.6. The summed E-state index contributed by atoms with van der Waals surface area (Å²) in [4.78, 5) is 19.3. The number of aliphatic hydroxyl groups excluding tert-OH is 1. The molecule has 2 heterocycles. The number of thioether (sulfide) groups is 1. The molecule has 0 unspecified atom stereocenters. The Morgan fingerprint density at radius 2 is 1.69 bits per heavy atom. The predicted molar refractivity (Wildman–Crippen MR) is 142 cm³/mol. The van der Waals surface area contributed by atoms with Gasteiger partial charge >= 0.3 is 0 Å². The van der Waals surface area contributed by atoms with Crippen LogP contribution in [0.2, 0.25) is 0 Å². The van der Waals surface area contributed by atoms with E-state index in [0.717, 1.165) is 33.7 Å². The molecule has 182 valence electrons. The van der Waals surface area contributed by atoms with Crippen LogP contribution in [0.3, 0.4) is 0 Å². The Hall–Kier alpha value is -3.81. The lowest BCUT2D eigenvalue weighted by Crippen LogP contribution is -2.57. The summed E-state index contributed by atoms with van der Waals surface area (Å²) in [6.45, 7) is 0. The molecular formula is C29H26N2O4S. The molecular weight excluding hydrogens is 472 g/mol. The SMILES string of the molecule is COc1ccc([C@H](O)CS[C@H]2C(=O)N(c3ccc(-c4cccnc4)cc3)[C@@H]2c2ccc(O)cc2)cc1. The number of nitrogens with zero attached hydrogens (tertiary/aromatic N) is 2. The summed E-state index contributed by atoms with van der Waals surface area (Å²) >= 11 is 1.45. The van der Waals surface area contributed by atoms with E-state index in [4.69, 9.17) is 4.74 Å². The average molecular weight is 499 g/mol. The summed E-state index contributed by atoms with van der Waals surface area (Å²) in [5.41, 5.74) is 4.54. The van der Waals surface area contributed by atoms with E-state index in [-0.39, 0.29) is 22.9 Å². The number of benzene rings is 3. The van der Waals surface area contributed by atoms with Crippen molar-refractivity contribution < 1.29 is 19.7 Å². The lowest BCUT2D eigenvalue weighted by molar-refractivity contribution is -0.123. The smallest absolute Gasteiger partial charge is 0.243 e. The first kappa shape index (κ1) is 23.9. The largest absolute Gasteiger partial charge is 0.508 e. The van der Waals surface area contributed by atoms with Crippen LogP contribution in [0, 0.1) is 0 Å². The van der Waals surface area contributed by atoms with Gasteiger partial charge in [0.25, 0.3) is 0 Å². The molecule has 1 fully saturated rings. The fourth-order valence-electron chi connectivity index (χ4n) is 4.37. The van der Waals surface area contributed by atoms with Gasteiger partial charge in [0, 0.05) is 23.8 Å². The van der Waals surface area contributed by atoms with Gasteiger partial charge in [-0.3, -0.25) is 9.78 Å². The number of phenolic OH excluding ortho intramolecular Hbond substituents is 1. The molecule has 1 aliphatic heterocycles. The number of amides is 1. The second-order valence-electron chi connectivity index (χ2n) is 8.58. The maximum Gasteiger partial charge on any atom is 0.243 e. The molecule has 1 saturated heterocycles. The molecule has 7 heteroatoms. The van der Waals surface area contributed by atoms with Crippen molar-refractivity contribution in [1.82, 2.24) is 4.98 Å². The Morgan fingerprint density at radius 3 is 2.33 bits per heavy atom. The van der Waals surface area contributed by atoms with Crippen LogP contribution in [0.15, 0.2) is 97.3 Å². The third-order valence-corrected chi connectivity index (χ3v) is 7.68. The first-order valence-corrected chi connectivity index (χ1v) is 12.7. The van der Waals surface area contributed by atoms with Crippen molar-refractivity contribution in [2.24, 2.45) is 0 Å². The van der Waals surface area contributed by atoms with Crippen molar-refractivity contribution in [3.8, 4) is 22.6 Å². The van der Waals surface area contributed by atoms with E-state index in [1.54, 1.807) is 30.3 Å². The molecule has 0 bridgehead atoms. The van der Waals surface area contributed by atoms with Gasteiger partial charge in [0.1, 0.15) is 16.7 Å². The highest BCUT2D eigenvalue weighted by Gasteiger charge is 2.49. The van der Waals surface area contributed by atoms with Crippen LogP contribution in [0.1, 0.15) is 23.3 Å². The first-order chi connectivity index (χ1) is 17.5. The van der Waals surface area contributed by atoms with E-state index in [1.807, 2.05) is 79.0 Å². The molecule has 0 saturated carbocycles. The Kier molecular flexibility index (Phi) is 6.93. The number of aromatic hydroxyl groups is 1. The summed E-state index contributed by atoms with van der Waals surface area (Å²) in [5.74, 6) is 1.28. The van der Waals surface area contributed by atoms with E-state index in [2.05, 4.69) is 4.98 Å². The van der Waals surface area contributed by atoms with Crippen molar-refractivity contribution >= 4 is 23.4 Å². The average Bonchev–Trinajstić information content (AvgIpc) is 2.93. The Morgan fingerprint density at radius 1 is 0.972 bits per heavy atom. The predicted octanol–water partition coefficient (Wildman–Crippen LogP) is 5.39. The summed E-state index contributed by atoms with van der Waals surface area (Å²) in [6.07, 6.45) is 2.84. The van der Waals surface area contributed by atoms with Crippen LogP contribution in [-0.2, 0) is 4.79 Å². The molecule has 0 spiro atoms. The minimum atomic E-state index is -0.706. The molecule has 1 aromatic heterocycles. The number of β-lactam (4-membered cyclic amide) rings is 1.